The second kappa shape index (κ2) is 13.8. The van der Waals surface area contributed by atoms with E-state index < -0.39 is 0 Å². The Bertz CT molecular complexity index is 3220. The molecule has 0 amide bonds. The van der Waals surface area contributed by atoms with Gasteiger partial charge in [0.2, 0.25) is 0 Å². The maximum atomic E-state index is 6.54. The topological polar surface area (TPSA) is 29.3 Å². The minimum absolute atomic E-state index is 0.851. The Hall–Kier alpha value is -7.27. The Balaban J connectivity index is 0.930. The highest BCUT2D eigenvalue weighted by atomic mass is 32.1. The average molecular weight is 747 g/mol. The van der Waals surface area contributed by atoms with E-state index in [1.165, 1.54) is 33.0 Å². The van der Waals surface area contributed by atoms with Crippen molar-refractivity contribution in [3.8, 4) is 44.0 Å². The van der Waals surface area contributed by atoms with Crippen LogP contribution in [-0.4, -0.2) is 4.98 Å². The number of hydrogen-bond acceptors (Lipinski definition) is 4. The molecule has 0 N–H and O–H groups in total. The van der Waals surface area contributed by atoms with Gasteiger partial charge in [-0.05, 0) is 111 Å². The van der Waals surface area contributed by atoms with Crippen molar-refractivity contribution in [2.24, 2.45) is 0 Å². The second-order valence-corrected chi connectivity index (χ2v) is 15.4. The van der Waals surface area contributed by atoms with Crippen molar-refractivity contribution >= 4 is 71.3 Å². The van der Waals surface area contributed by atoms with Crippen molar-refractivity contribution in [1.29, 1.82) is 0 Å². The molecule has 0 bridgehead atoms. The van der Waals surface area contributed by atoms with Crippen LogP contribution in [0.1, 0.15) is 0 Å². The van der Waals surface area contributed by atoms with Gasteiger partial charge in [-0.2, -0.15) is 0 Å². The SMILES string of the molecule is c1ccc(-c2ccc(-c3ccc(N(c4ccccc4)c4cccc(-c5ccc6c(c5)oc5ccc7sc(-c8ccc9ccccc9c8)nc7c56)c4)cc3)cc2)cc1. The van der Waals surface area contributed by atoms with Gasteiger partial charge in [0.05, 0.1) is 15.6 Å². The smallest absolute Gasteiger partial charge is 0.137 e. The monoisotopic (exact) mass is 746 g/mol. The minimum Gasteiger partial charge on any atom is -0.456 e. The van der Waals surface area contributed by atoms with E-state index >= 15 is 0 Å². The van der Waals surface area contributed by atoms with Gasteiger partial charge < -0.3 is 9.32 Å². The van der Waals surface area contributed by atoms with E-state index in [2.05, 4.69) is 211 Å². The fraction of sp³-hybridized carbons (Fsp3) is 0. The average Bonchev–Trinajstić information content (AvgIpc) is 3.89. The number of aromatic nitrogens is 1. The van der Waals surface area contributed by atoms with Crippen LogP contribution >= 0.6 is 11.3 Å². The molecule has 0 aliphatic carbocycles. The van der Waals surface area contributed by atoms with Crippen molar-refractivity contribution in [2.75, 3.05) is 4.90 Å². The first-order chi connectivity index (χ1) is 28.2. The molecule has 0 spiro atoms. The molecule has 9 aromatic carbocycles. The molecule has 11 aromatic rings. The van der Waals surface area contributed by atoms with Gasteiger partial charge in [-0.25, -0.2) is 4.98 Å². The molecule has 4 heteroatoms. The van der Waals surface area contributed by atoms with Gasteiger partial charge in [0, 0.05) is 28.0 Å². The second-order valence-electron chi connectivity index (χ2n) is 14.4. The normalized spacial score (nSPS) is 11.5. The van der Waals surface area contributed by atoms with Crippen LogP contribution in [0.3, 0.4) is 0 Å². The molecule has 0 atom stereocenters. The van der Waals surface area contributed by atoms with Gasteiger partial charge >= 0.3 is 0 Å². The lowest BCUT2D eigenvalue weighted by Gasteiger charge is -2.26. The third-order valence-corrected chi connectivity index (χ3v) is 12.0. The van der Waals surface area contributed by atoms with Crippen LogP contribution in [0.15, 0.2) is 211 Å². The maximum absolute atomic E-state index is 6.54. The number of anilines is 3. The quantitative estimate of drug-likeness (QED) is 0.163. The Morgan fingerprint density at radius 3 is 1.74 bits per heavy atom. The molecule has 3 nitrogen and oxygen atoms in total. The summed E-state index contributed by atoms with van der Waals surface area (Å²) in [6, 6.07) is 73.3. The van der Waals surface area contributed by atoms with Crippen LogP contribution in [0.25, 0.3) is 86.9 Å². The van der Waals surface area contributed by atoms with E-state index in [1.54, 1.807) is 11.3 Å². The Morgan fingerprint density at radius 1 is 0.386 bits per heavy atom. The molecule has 57 heavy (non-hydrogen) atoms. The van der Waals surface area contributed by atoms with E-state index in [0.717, 1.165) is 70.9 Å². The first-order valence-electron chi connectivity index (χ1n) is 19.2. The van der Waals surface area contributed by atoms with Crippen molar-refractivity contribution in [3.05, 3.63) is 206 Å². The fourth-order valence-corrected chi connectivity index (χ4v) is 8.99. The molecule has 0 saturated heterocycles. The van der Waals surface area contributed by atoms with E-state index in [9.17, 15) is 0 Å². The highest BCUT2D eigenvalue weighted by Gasteiger charge is 2.18. The molecule has 0 aliphatic heterocycles. The molecule has 0 fully saturated rings. The van der Waals surface area contributed by atoms with Crippen LogP contribution in [0.5, 0.6) is 0 Å². The number of hydrogen-bond donors (Lipinski definition) is 0. The number of para-hydroxylation sites is 1. The maximum Gasteiger partial charge on any atom is 0.137 e. The summed E-state index contributed by atoms with van der Waals surface area (Å²) in [5.74, 6) is 0. The van der Waals surface area contributed by atoms with E-state index in [-0.39, 0.29) is 0 Å². The highest BCUT2D eigenvalue weighted by molar-refractivity contribution is 7.21. The van der Waals surface area contributed by atoms with Crippen LogP contribution in [0.4, 0.5) is 17.1 Å². The van der Waals surface area contributed by atoms with Crippen LogP contribution in [0, 0.1) is 0 Å². The Kier molecular flexibility index (Phi) is 8.01. The van der Waals surface area contributed by atoms with Gasteiger partial charge in [0.25, 0.3) is 0 Å². The standard InChI is InChI=1S/C53H34N2OS/c1-3-10-35(11-4-1)37-18-20-38(21-19-37)39-24-27-45(28-25-39)55(44-15-5-2-6-16-44)46-17-9-14-41(33-46)42-26-29-47-49(34-42)56-48-30-31-50-52(51(47)48)54-53(57-50)43-23-22-36-12-7-8-13-40(36)32-43/h1-34H. The molecule has 2 aromatic heterocycles. The minimum atomic E-state index is 0.851. The fourth-order valence-electron chi connectivity index (χ4n) is 8.02. The summed E-state index contributed by atoms with van der Waals surface area (Å²) in [7, 11) is 0. The first kappa shape index (κ1) is 33.1. The lowest BCUT2D eigenvalue weighted by atomic mass is 10.00. The molecular formula is C53H34N2OS. The van der Waals surface area contributed by atoms with Crippen LogP contribution in [0.2, 0.25) is 0 Å². The molecule has 0 saturated carbocycles. The summed E-state index contributed by atoms with van der Waals surface area (Å²) in [5.41, 5.74) is 14.1. The molecule has 0 unspecified atom stereocenters. The number of furan rings is 1. The Labute approximate surface area is 334 Å². The molecular weight excluding hydrogens is 713 g/mol. The van der Waals surface area contributed by atoms with Crippen molar-refractivity contribution in [1.82, 2.24) is 4.98 Å². The van der Waals surface area contributed by atoms with Gasteiger partial charge in [-0.1, -0.05) is 140 Å². The first-order valence-corrected chi connectivity index (χ1v) is 20.0. The number of rotatable bonds is 7. The van der Waals surface area contributed by atoms with Gasteiger partial charge in [-0.15, -0.1) is 11.3 Å². The van der Waals surface area contributed by atoms with Gasteiger partial charge in [0.1, 0.15) is 16.2 Å². The highest BCUT2D eigenvalue weighted by Crippen LogP contribution is 2.42. The summed E-state index contributed by atoms with van der Waals surface area (Å²) in [5, 5.41) is 5.61. The van der Waals surface area contributed by atoms with E-state index in [0.29, 0.717) is 0 Å². The number of thiazole rings is 1. The van der Waals surface area contributed by atoms with Gasteiger partial charge in [0.15, 0.2) is 0 Å². The largest absolute Gasteiger partial charge is 0.456 e. The lowest BCUT2D eigenvalue weighted by molar-refractivity contribution is 0.669. The zero-order valence-corrected chi connectivity index (χ0v) is 31.7. The third-order valence-electron chi connectivity index (χ3n) is 10.9. The third kappa shape index (κ3) is 6.04. The number of nitrogens with zero attached hydrogens (tertiary/aromatic N) is 2. The summed E-state index contributed by atoms with van der Waals surface area (Å²) >= 11 is 1.73. The van der Waals surface area contributed by atoms with E-state index in [4.69, 9.17) is 9.40 Å². The summed E-state index contributed by atoms with van der Waals surface area (Å²) in [6.45, 7) is 0. The number of fused-ring (bicyclic) bond motifs is 6. The molecule has 0 aliphatic rings. The van der Waals surface area contributed by atoms with E-state index in [1.807, 2.05) is 0 Å². The predicted molar refractivity (Wildman–Crippen MR) is 241 cm³/mol. The molecule has 268 valence electrons. The zero-order valence-electron chi connectivity index (χ0n) is 30.8. The van der Waals surface area contributed by atoms with Crippen molar-refractivity contribution < 1.29 is 4.42 Å². The summed E-state index contributed by atoms with van der Waals surface area (Å²) < 4.78 is 7.70. The molecule has 2 heterocycles. The van der Waals surface area contributed by atoms with Crippen LogP contribution in [-0.2, 0) is 0 Å². The zero-order chi connectivity index (χ0) is 37.7. The summed E-state index contributed by atoms with van der Waals surface area (Å²) in [6.07, 6.45) is 0. The van der Waals surface area contributed by atoms with Gasteiger partial charge in [-0.3, -0.25) is 0 Å². The molecule has 0 radical (unpaired) electrons. The lowest BCUT2D eigenvalue weighted by Crippen LogP contribution is -2.09. The van der Waals surface area contributed by atoms with Crippen molar-refractivity contribution in [3.63, 3.8) is 0 Å². The predicted octanol–water partition coefficient (Wildman–Crippen LogP) is 15.5. The summed E-state index contributed by atoms with van der Waals surface area (Å²) in [4.78, 5) is 7.52. The van der Waals surface area contributed by atoms with Crippen molar-refractivity contribution in [2.45, 2.75) is 0 Å². The van der Waals surface area contributed by atoms with Crippen LogP contribution < -0.4 is 4.90 Å². The number of benzene rings is 9. The molecule has 11 rings (SSSR count). The Morgan fingerprint density at radius 2 is 0.965 bits per heavy atom.